The van der Waals surface area contributed by atoms with Crippen molar-refractivity contribution in [1.82, 2.24) is 0 Å². The Morgan fingerprint density at radius 2 is 2.03 bits per heavy atom. The average molecular weight is 489 g/mol. The van der Waals surface area contributed by atoms with E-state index >= 15 is 0 Å². The molecule has 0 N–H and O–H groups in total. The van der Waals surface area contributed by atoms with Crippen LogP contribution in [0.5, 0.6) is 0 Å². The molecule has 6 nitrogen and oxygen atoms in total. The lowest BCUT2D eigenvalue weighted by atomic mass is 9.65. The van der Waals surface area contributed by atoms with Gasteiger partial charge in [0.05, 0.1) is 18.4 Å². The Bertz CT molecular complexity index is 797. The lowest BCUT2D eigenvalue weighted by molar-refractivity contribution is -0.209. The molecule has 2 aliphatic carbocycles. The minimum atomic E-state index is -0.193. The Morgan fingerprint density at radius 1 is 1.20 bits per heavy atom. The van der Waals surface area contributed by atoms with Gasteiger partial charge >= 0.3 is 11.9 Å². The van der Waals surface area contributed by atoms with Crippen molar-refractivity contribution in [3.8, 4) is 0 Å². The summed E-state index contributed by atoms with van der Waals surface area (Å²) in [6, 6.07) is 0. The summed E-state index contributed by atoms with van der Waals surface area (Å²) in [6.07, 6.45) is 13.8. The van der Waals surface area contributed by atoms with Crippen LogP contribution >= 0.6 is 0 Å². The molecular formula is C29H44O6. The van der Waals surface area contributed by atoms with E-state index in [-0.39, 0.29) is 48.4 Å². The average Bonchev–Trinajstić information content (AvgIpc) is 2.83. The van der Waals surface area contributed by atoms with Crippen LogP contribution in [0.2, 0.25) is 0 Å². The van der Waals surface area contributed by atoms with Gasteiger partial charge in [-0.1, -0.05) is 45.9 Å². The van der Waals surface area contributed by atoms with E-state index in [1.165, 1.54) is 5.57 Å². The predicted octanol–water partition coefficient (Wildman–Crippen LogP) is 5.75. The first-order valence-corrected chi connectivity index (χ1v) is 13.9. The van der Waals surface area contributed by atoms with Gasteiger partial charge in [-0.05, 0) is 68.3 Å². The highest BCUT2D eigenvalue weighted by molar-refractivity contribution is 5.72. The second-order valence-corrected chi connectivity index (χ2v) is 11.3. The van der Waals surface area contributed by atoms with E-state index in [1.54, 1.807) is 0 Å². The Labute approximate surface area is 210 Å². The molecule has 2 heterocycles. The number of ether oxygens (including phenoxy) is 4. The molecule has 6 heteroatoms. The molecule has 0 amide bonds. The van der Waals surface area contributed by atoms with E-state index in [2.05, 4.69) is 32.1 Å². The van der Waals surface area contributed by atoms with Crippen molar-refractivity contribution < 1.29 is 28.5 Å². The molecule has 196 valence electrons. The van der Waals surface area contributed by atoms with Crippen molar-refractivity contribution in [3.63, 3.8) is 0 Å². The summed E-state index contributed by atoms with van der Waals surface area (Å²) in [6.45, 7) is 9.16. The zero-order valence-corrected chi connectivity index (χ0v) is 21.9. The monoisotopic (exact) mass is 488 g/mol. The Hall–Kier alpha value is -1.66. The molecule has 4 rings (SSSR count). The third-order valence-electron chi connectivity index (χ3n) is 8.40. The fourth-order valence-electron chi connectivity index (χ4n) is 6.19. The van der Waals surface area contributed by atoms with Crippen molar-refractivity contribution in [1.29, 1.82) is 0 Å². The van der Waals surface area contributed by atoms with Gasteiger partial charge in [0, 0.05) is 18.9 Å². The fraction of sp³-hybridized carbons (Fsp3) is 0.793. The number of allylic oxidation sites excluding steroid dienone is 3. The summed E-state index contributed by atoms with van der Waals surface area (Å²) in [5.74, 6) is 0.952. The summed E-state index contributed by atoms with van der Waals surface area (Å²) in [7, 11) is 0. The number of hydrogen-bond donors (Lipinski definition) is 0. The molecule has 0 bridgehead atoms. The smallest absolute Gasteiger partial charge is 0.308 e. The van der Waals surface area contributed by atoms with Crippen LogP contribution in [0.25, 0.3) is 0 Å². The van der Waals surface area contributed by atoms with Crippen molar-refractivity contribution in [2.75, 3.05) is 6.61 Å². The van der Waals surface area contributed by atoms with Crippen molar-refractivity contribution in [3.05, 3.63) is 23.8 Å². The van der Waals surface area contributed by atoms with Gasteiger partial charge in [0.25, 0.3) is 0 Å². The molecule has 2 fully saturated rings. The SMILES string of the molecule is CCC(C)C(=O)OC1CC(C)C=C2C=CC(C)C(CCC3CC(OC4CCCCO4)CC(=O)O3)C21. The molecule has 0 spiro atoms. The summed E-state index contributed by atoms with van der Waals surface area (Å²) in [5, 5.41) is 0. The van der Waals surface area contributed by atoms with Gasteiger partial charge in [-0.15, -0.1) is 0 Å². The summed E-state index contributed by atoms with van der Waals surface area (Å²) >= 11 is 0. The molecular weight excluding hydrogens is 444 g/mol. The predicted molar refractivity (Wildman–Crippen MR) is 133 cm³/mol. The maximum atomic E-state index is 12.7. The van der Waals surface area contributed by atoms with Crippen LogP contribution in [0.15, 0.2) is 23.8 Å². The Balaban J connectivity index is 1.41. The maximum absolute atomic E-state index is 12.7. The van der Waals surface area contributed by atoms with E-state index in [1.807, 2.05) is 13.8 Å². The van der Waals surface area contributed by atoms with Gasteiger partial charge in [-0.25, -0.2) is 0 Å². The fourth-order valence-corrected chi connectivity index (χ4v) is 6.19. The third kappa shape index (κ3) is 6.76. The number of rotatable bonds is 8. The first-order chi connectivity index (χ1) is 16.8. The minimum absolute atomic E-state index is 0.0820. The molecule has 0 aromatic heterocycles. The number of hydrogen-bond acceptors (Lipinski definition) is 6. The van der Waals surface area contributed by atoms with Gasteiger partial charge in [0.15, 0.2) is 6.29 Å². The minimum Gasteiger partial charge on any atom is -0.462 e. The molecule has 0 aromatic rings. The van der Waals surface area contributed by atoms with Crippen LogP contribution in [0.4, 0.5) is 0 Å². The number of esters is 2. The molecule has 0 radical (unpaired) electrons. The lowest BCUT2D eigenvalue weighted by Gasteiger charge is -2.43. The number of carbonyl (C=O) groups excluding carboxylic acids is 2. The van der Waals surface area contributed by atoms with Crippen LogP contribution < -0.4 is 0 Å². The summed E-state index contributed by atoms with van der Waals surface area (Å²) in [4.78, 5) is 25.1. The first-order valence-electron chi connectivity index (χ1n) is 13.9. The van der Waals surface area contributed by atoms with Crippen molar-refractivity contribution in [2.45, 2.75) is 110 Å². The van der Waals surface area contributed by atoms with Crippen LogP contribution in [0, 0.1) is 29.6 Å². The van der Waals surface area contributed by atoms with Crippen LogP contribution in [0.3, 0.4) is 0 Å². The summed E-state index contributed by atoms with van der Waals surface area (Å²) < 4.78 is 23.7. The first kappa shape index (κ1) is 26.4. The second kappa shape index (κ2) is 12.1. The van der Waals surface area contributed by atoms with Crippen LogP contribution in [-0.4, -0.2) is 43.1 Å². The molecule has 4 aliphatic rings. The summed E-state index contributed by atoms with van der Waals surface area (Å²) in [5.41, 5.74) is 1.30. The van der Waals surface area contributed by atoms with E-state index < -0.39 is 0 Å². The highest BCUT2D eigenvalue weighted by Gasteiger charge is 2.42. The van der Waals surface area contributed by atoms with Gasteiger partial charge < -0.3 is 18.9 Å². The highest BCUT2D eigenvalue weighted by Crippen LogP contribution is 2.45. The molecule has 2 saturated heterocycles. The van der Waals surface area contributed by atoms with Gasteiger partial charge in [-0.3, -0.25) is 9.59 Å². The Morgan fingerprint density at radius 3 is 2.77 bits per heavy atom. The van der Waals surface area contributed by atoms with Crippen LogP contribution in [0.1, 0.15) is 85.5 Å². The van der Waals surface area contributed by atoms with Crippen LogP contribution in [-0.2, 0) is 28.5 Å². The number of cyclic esters (lactones) is 1. The van der Waals surface area contributed by atoms with Gasteiger partial charge in [0.2, 0.25) is 0 Å². The lowest BCUT2D eigenvalue weighted by Crippen LogP contribution is -2.42. The standard InChI is InChI=1S/C29H44O6/c1-5-19(3)29(31)35-25-15-18(2)14-21-10-9-20(4)24(28(21)25)12-11-22-16-23(17-26(30)33-22)34-27-8-6-7-13-32-27/h9-10,14,18-20,22-25,27-28H,5-8,11-13,15-17H2,1-4H3. The number of carbonyl (C=O) groups is 2. The molecule has 35 heavy (non-hydrogen) atoms. The molecule has 9 unspecified atom stereocenters. The van der Waals surface area contributed by atoms with E-state index in [9.17, 15) is 9.59 Å². The zero-order chi connectivity index (χ0) is 24.9. The second-order valence-electron chi connectivity index (χ2n) is 11.3. The molecule has 2 aliphatic heterocycles. The zero-order valence-electron chi connectivity index (χ0n) is 21.9. The van der Waals surface area contributed by atoms with E-state index in [0.29, 0.717) is 24.2 Å². The molecule has 9 atom stereocenters. The third-order valence-corrected chi connectivity index (χ3v) is 8.40. The van der Waals surface area contributed by atoms with E-state index in [4.69, 9.17) is 18.9 Å². The normalized spacial score (nSPS) is 38.2. The molecule has 0 saturated carbocycles. The van der Waals surface area contributed by atoms with Gasteiger partial charge in [-0.2, -0.15) is 0 Å². The maximum Gasteiger partial charge on any atom is 0.308 e. The van der Waals surface area contributed by atoms with Crippen molar-refractivity contribution in [2.24, 2.45) is 29.6 Å². The molecule has 0 aromatic carbocycles. The Kier molecular flexibility index (Phi) is 9.09. The highest BCUT2D eigenvalue weighted by atomic mass is 16.7. The number of fused-ring (bicyclic) bond motifs is 1. The van der Waals surface area contributed by atoms with Crippen molar-refractivity contribution >= 4 is 11.9 Å². The van der Waals surface area contributed by atoms with E-state index in [0.717, 1.165) is 58.0 Å². The quantitative estimate of drug-likeness (QED) is 0.405. The van der Waals surface area contributed by atoms with Gasteiger partial charge in [0.1, 0.15) is 12.2 Å². The largest absolute Gasteiger partial charge is 0.462 e. The topological polar surface area (TPSA) is 71.1 Å².